The Labute approximate surface area is 124 Å². The van der Waals surface area contributed by atoms with Crippen molar-refractivity contribution in [2.45, 2.75) is 64.0 Å². The number of fused-ring (bicyclic) bond motifs is 3. The van der Waals surface area contributed by atoms with Gasteiger partial charge in [0.15, 0.2) is 0 Å². The molecule has 4 rings (SSSR count). The van der Waals surface area contributed by atoms with Crippen LogP contribution in [-0.4, -0.2) is 54.1 Å². The van der Waals surface area contributed by atoms with Crippen LogP contribution in [0.15, 0.2) is 0 Å². The molecule has 3 heteroatoms. The van der Waals surface area contributed by atoms with E-state index in [4.69, 9.17) is 5.73 Å². The number of nitrogens with two attached hydrogens (primary N) is 1. The van der Waals surface area contributed by atoms with Crippen molar-refractivity contribution in [3.05, 3.63) is 0 Å². The van der Waals surface area contributed by atoms with Crippen LogP contribution in [0.3, 0.4) is 0 Å². The molecule has 3 aliphatic heterocycles. The zero-order chi connectivity index (χ0) is 14.2. The standard InChI is InChI=1S/C17H33N3/c1-14(2)11-20(16-5-3-4-6-16)17(12-18)13-19-9-7-15(17)8-10-19/h14-16H,3-13,18H2,1-2H3. The minimum Gasteiger partial charge on any atom is -0.329 e. The number of rotatable bonds is 5. The fraction of sp³-hybridized carbons (Fsp3) is 1.00. The molecule has 1 atom stereocenters. The van der Waals surface area contributed by atoms with Gasteiger partial charge in [-0.15, -0.1) is 0 Å². The topological polar surface area (TPSA) is 32.5 Å². The molecule has 0 aromatic heterocycles. The van der Waals surface area contributed by atoms with Gasteiger partial charge in [-0.05, 0) is 50.6 Å². The Kier molecular flexibility index (Phi) is 4.40. The maximum absolute atomic E-state index is 6.40. The molecule has 4 aliphatic rings. The molecule has 0 spiro atoms. The third kappa shape index (κ3) is 2.53. The van der Waals surface area contributed by atoms with Crippen molar-refractivity contribution >= 4 is 0 Å². The van der Waals surface area contributed by atoms with Gasteiger partial charge >= 0.3 is 0 Å². The monoisotopic (exact) mass is 279 g/mol. The van der Waals surface area contributed by atoms with Crippen LogP contribution in [0.25, 0.3) is 0 Å². The maximum atomic E-state index is 6.40. The molecule has 4 fully saturated rings. The molecule has 1 aliphatic carbocycles. The summed E-state index contributed by atoms with van der Waals surface area (Å²) in [4.78, 5) is 5.57. The molecule has 20 heavy (non-hydrogen) atoms. The van der Waals surface area contributed by atoms with Gasteiger partial charge in [0.2, 0.25) is 0 Å². The molecule has 1 unspecified atom stereocenters. The quantitative estimate of drug-likeness (QED) is 0.838. The lowest BCUT2D eigenvalue weighted by Crippen LogP contribution is -2.71. The van der Waals surface area contributed by atoms with Crippen molar-refractivity contribution in [1.29, 1.82) is 0 Å². The van der Waals surface area contributed by atoms with E-state index in [0.717, 1.165) is 24.4 Å². The van der Waals surface area contributed by atoms with E-state index in [1.165, 1.54) is 64.7 Å². The van der Waals surface area contributed by atoms with Crippen LogP contribution in [0, 0.1) is 11.8 Å². The van der Waals surface area contributed by atoms with Gasteiger partial charge in [0.25, 0.3) is 0 Å². The Bertz CT molecular complexity index is 316. The first-order valence-electron chi connectivity index (χ1n) is 8.85. The van der Waals surface area contributed by atoms with E-state index in [-0.39, 0.29) is 5.54 Å². The van der Waals surface area contributed by atoms with Crippen LogP contribution in [-0.2, 0) is 0 Å². The van der Waals surface area contributed by atoms with Gasteiger partial charge in [-0.3, -0.25) is 4.90 Å². The molecule has 0 aromatic carbocycles. The lowest BCUT2D eigenvalue weighted by atomic mass is 9.70. The van der Waals surface area contributed by atoms with Crippen molar-refractivity contribution in [2.24, 2.45) is 17.6 Å². The molecule has 0 radical (unpaired) electrons. The number of hydrogen-bond donors (Lipinski definition) is 1. The maximum Gasteiger partial charge on any atom is 0.0490 e. The van der Waals surface area contributed by atoms with Gasteiger partial charge in [0.05, 0.1) is 0 Å². The summed E-state index contributed by atoms with van der Waals surface area (Å²) in [6, 6.07) is 0.807. The fourth-order valence-electron chi connectivity index (χ4n) is 5.12. The molecular weight excluding hydrogens is 246 g/mol. The third-order valence-electron chi connectivity index (χ3n) is 6.10. The first-order chi connectivity index (χ1) is 9.65. The average molecular weight is 279 g/mol. The molecular formula is C17H33N3. The Morgan fingerprint density at radius 2 is 1.80 bits per heavy atom. The van der Waals surface area contributed by atoms with E-state index in [0.29, 0.717) is 0 Å². The minimum absolute atomic E-state index is 0.287. The normalized spacial score (nSPS) is 38.2. The molecule has 0 aromatic rings. The Balaban J connectivity index is 1.86. The van der Waals surface area contributed by atoms with Crippen molar-refractivity contribution < 1.29 is 0 Å². The highest BCUT2D eigenvalue weighted by Crippen LogP contribution is 2.42. The summed E-state index contributed by atoms with van der Waals surface area (Å²) in [7, 11) is 0. The smallest absolute Gasteiger partial charge is 0.0490 e. The second-order valence-corrected chi connectivity index (χ2v) is 7.84. The molecule has 2 bridgehead atoms. The molecule has 0 amide bonds. The van der Waals surface area contributed by atoms with Crippen LogP contribution < -0.4 is 5.73 Å². The summed E-state index contributed by atoms with van der Waals surface area (Å²) in [5, 5.41) is 0. The fourth-order valence-corrected chi connectivity index (χ4v) is 5.12. The summed E-state index contributed by atoms with van der Waals surface area (Å²) < 4.78 is 0. The number of piperidine rings is 3. The van der Waals surface area contributed by atoms with Crippen LogP contribution in [0.5, 0.6) is 0 Å². The second kappa shape index (κ2) is 5.94. The Morgan fingerprint density at radius 1 is 1.15 bits per heavy atom. The van der Waals surface area contributed by atoms with Crippen LogP contribution >= 0.6 is 0 Å². The lowest BCUT2D eigenvalue weighted by Gasteiger charge is -2.59. The molecule has 1 saturated carbocycles. The summed E-state index contributed by atoms with van der Waals surface area (Å²) in [5.74, 6) is 1.59. The minimum atomic E-state index is 0.287. The van der Waals surface area contributed by atoms with Gasteiger partial charge in [-0.25, -0.2) is 0 Å². The van der Waals surface area contributed by atoms with E-state index in [9.17, 15) is 0 Å². The van der Waals surface area contributed by atoms with Crippen LogP contribution in [0.2, 0.25) is 0 Å². The Hall–Kier alpha value is -0.120. The number of nitrogens with zero attached hydrogens (tertiary/aromatic N) is 2. The number of hydrogen-bond acceptors (Lipinski definition) is 3. The summed E-state index contributed by atoms with van der Waals surface area (Å²) in [6.45, 7) is 10.7. The van der Waals surface area contributed by atoms with Gasteiger partial charge in [0, 0.05) is 31.2 Å². The molecule has 116 valence electrons. The predicted molar refractivity (Wildman–Crippen MR) is 84.7 cm³/mol. The third-order valence-corrected chi connectivity index (χ3v) is 6.10. The largest absolute Gasteiger partial charge is 0.329 e. The summed E-state index contributed by atoms with van der Waals surface area (Å²) in [5.41, 5.74) is 6.69. The van der Waals surface area contributed by atoms with Crippen LogP contribution in [0.4, 0.5) is 0 Å². The molecule has 2 N–H and O–H groups in total. The predicted octanol–water partition coefficient (Wildman–Crippen LogP) is 2.31. The first-order valence-corrected chi connectivity index (χ1v) is 8.85. The SMILES string of the molecule is CC(C)CN(C1CCCC1)C1(CN)CN2CCC1CC2. The van der Waals surface area contributed by atoms with E-state index >= 15 is 0 Å². The van der Waals surface area contributed by atoms with Crippen molar-refractivity contribution in [3.8, 4) is 0 Å². The highest BCUT2D eigenvalue weighted by atomic mass is 15.3. The van der Waals surface area contributed by atoms with E-state index in [1.807, 2.05) is 0 Å². The van der Waals surface area contributed by atoms with Crippen molar-refractivity contribution in [1.82, 2.24) is 9.80 Å². The van der Waals surface area contributed by atoms with E-state index in [1.54, 1.807) is 0 Å². The van der Waals surface area contributed by atoms with Gasteiger partial charge < -0.3 is 10.6 Å². The van der Waals surface area contributed by atoms with Gasteiger partial charge in [-0.1, -0.05) is 26.7 Å². The molecule has 3 nitrogen and oxygen atoms in total. The average Bonchev–Trinajstić information content (AvgIpc) is 2.99. The van der Waals surface area contributed by atoms with Crippen molar-refractivity contribution in [2.75, 3.05) is 32.7 Å². The zero-order valence-corrected chi connectivity index (χ0v) is 13.5. The lowest BCUT2D eigenvalue weighted by molar-refractivity contribution is -0.0888. The first kappa shape index (κ1) is 14.8. The van der Waals surface area contributed by atoms with Gasteiger partial charge in [-0.2, -0.15) is 0 Å². The molecule has 3 heterocycles. The van der Waals surface area contributed by atoms with Crippen LogP contribution in [0.1, 0.15) is 52.4 Å². The highest BCUT2D eigenvalue weighted by Gasteiger charge is 2.51. The van der Waals surface area contributed by atoms with E-state index < -0.39 is 0 Å². The van der Waals surface area contributed by atoms with E-state index in [2.05, 4.69) is 23.6 Å². The summed E-state index contributed by atoms with van der Waals surface area (Å²) in [6.07, 6.45) is 8.40. The zero-order valence-electron chi connectivity index (χ0n) is 13.5. The van der Waals surface area contributed by atoms with Gasteiger partial charge in [0.1, 0.15) is 0 Å². The van der Waals surface area contributed by atoms with Crippen molar-refractivity contribution in [3.63, 3.8) is 0 Å². The second-order valence-electron chi connectivity index (χ2n) is 7.84. The highest BCUT2D eigenvalue weighted by molar-refractivity contribution is 5.08. The summed E-state index contributed by atoms with van der Waals surface area (Å²) >= 11 is 0. The Morgan fingerprint density at radius 3 is 2.25 bits per heavy atom. The molecule has 3 saturated heterocycles.